The molecule has 0 radical (unpaired) electrons. The van der Waals surface area contributed by atoms with Gasteiger partial charge in [0.15, 0.2) is 11.4 Å². The third kappa shape index (κ3) is 6.95. The van der Waals surface area contributed by atoms with Crippen molar-refractivity contribution in [1.82, 2.24) is 19.5 Å². The van der Waals surface area contributed by atoms with E-state index in [0.29, 0.717) is 5.89 Å². The van der Waals surface area contributed by atoms with E-state index in [1.165, 1.54) is 66.4 Å². The number of hydrogen-bond acceptors (Lipinski definition) is 4. The molecule has 0 saturated heterocycles. The fraction of sp³-hybridized carbons (Fsp3) is 0.109. The number of oxazole rings is 1. The molecule has 3 aromatic heterocycles. The van der Waals surface area contributed by atoms with E-state index >= 15 is 0 Å². The normalized spacial score (nSPS) is 14.4. The lowest BCUT2D eigenvalue weighted by molar-refractivity contribution is 0.621. The van der Waals surface area contributed by atoms with Gasteiger partial charge in [0.2, 0.25) is 5.89 Å². The van der Waals surface area contributed by atoms with Gasteiger partial charge in [-0.05, 0) is 114 Å². The van der Waals surface area contributed by atoms with E-state index < -0.39 is 0 Å². The van der Waals surface area contributed by atoms with Gasteiger partial charge in [0.1, 0.15) is 11.3 Å². The number of aryl methyl sites for hydroxylation is 1. The number of fused-ring (bicyclic) bond motifs is 8. The standard InChI is InChI=1S/C64H48N4O/c1-39-20-24-46(25-21-39)59-41(3)63(67-62(66-59)47-26-22-40(2)23-27-47)68-57-19-10-9-16-52(57)54-37-36-53-50-15-8-7-14-49(50)38-55(58(53)60(54)68)45-34-30-43(31-35-45)42-28-32-44(33-29-42)51-17-11-18-56-61(51)69-64(65-56)48-12-5-4-6-13-48/h4-20,22-24,26-37,55H,21,25,38H2,1-3H3. The fourth-order valence-electron chi connectivity index (χ4n) is 10.9. The van der Waals surface area contributed by atoms with Gasteiger partial charge >= 0.3 is 0 Å². The minimum atomic E-state index is 0.0913. The molecule has 13 rings (SSSR count). The van der Waals surface area contributed by atoms with E-state index in [1.807, 2.05) is 36.4 Å². The van der Waals surface area contributed by atoms with Crippen molar-refractivity contribution >= 4 is 38.5 Å². The molecule has 1 atom stereocenters. The second kappa shape index (κ2) is 16.4. The van der Waals surface area contributed by atoms with Crippen molar-refractivity contribution in [2.75, 3.05) is 0 Å². The van der Waals surface area contributed by atoms with Crippen LogP contribution in [0, 0.1) is 13.8 Å². The Morgan fingerprint density at radius 2 is 1.23 bits per heavy atom. The first kappa shape index (κ1) is 40.8. The number of allylic oxidation sites excluding steroid dienone is 4. The van der Waals surface area contributed by atoms with Crippen molar-refractivity contribution in [3.05, 3.63) is 233 Å². The monoisotopic (exact) mass is 888 g/mol. The van der Waals surface area contributed by atoms with Gasteiger partial charge in [0.25, 0.3) is 0 Å². The zero-order valence-electron chi connectivity index (χ0n) is 38.9. The fourth-order valence-corrected chi connectivity index (χ4v) is 10.9. The summed E-state index contributed by atoms with van der Waals surface area (Å²) in [7, 11) is 0. The van der Waals surface area contributed by atoms with Crippen LogP contribution in [0.4, 0.5) is 0 Å². The van der Waals surface area contributed by atoms with Crippen molar-refractivity contribution in [3.63, 3.8) is 0 Å². The predicted molar refractivity (Wildman–Crippen MR) is 284 cm³/mol. The maximum atomic E-state index is 6.39. The van der Waals surface area contributed by atoms with Gasteiger partial charge in [0, 0.05) is 38.9 Å². The van der Waals surface area contributed by atoms with Crippen molar-refractivity contribution in [2.24, 2.45) is 0 Å². The molecular weight excluding hydrogens is 841 g/mol. The second-order valence-corrected chi connectivity index (χ2v) is 18.8. The van der Waals surface area contributed by atoms with Crippen LogP contribution in [0.15, 0.2) is 204 Å². The smallest absolute Gasteiger partial charge is 0.227 e. The lowest BCUT2D eigenvalue weighted by Gasteiger charge is -2.30. The van der Waals surface area contributed by atoms with Crippen LogP contribution in [0.25, 0.3) is 101 Å². The summed E-state index contributed by atoms with van der Waals surface area (Å²) in [5.41, 5.74) is 23.0. The molecule has 3 heterocycles. The summed E-state index contributed by atoms with van der Waals surface area (Å²) in [6, 6.07) is 65.6. The Labute approximate surface area is 401 Å². The van der Waals surface area contributed by atoms with E-state index in [0.717, 1.165) is 86.6 Å². The molecule has 0 spiro atoms. The second-order valence-electron chi connectivity index (χ2n) is 18.8. The summed E-state index contributed by atoms with van der Waals surface area (Å²) in [6.07, 6.45) is 7.39. The zero-order chi connectivity index (χ0) is 46.2. The summed E-state index contributed by atoms with van der Waals surface area (Å²) < 4.78 is 8.87. The third-order valence-corrected chi connectivity index (χ3v) is 14.5. The van der Waals surface area contributed by atoms with E-state index in [4.69, 9.17) is 19.4 Å². The number of benzene rings is 8. The van der Waals surface area contributed by atoms with Crippen LogP contribution in [-0.2, 0) is 6.42 Å². The highest BCUT2D eigenvalue weighted by molar-refractivity contribution is 6.12. The van der Waals surface area contributed by atoms with Gasteiger partial charge < -0.3 is 4.42 Å². The highest BCUT2D eigenvalue weighted by atomic mass is 16.3. The Kier molecular flexibility index (Phi) is 9.72. The molecule has 0 amide bonds. The molecule has 11 aromatic rings. The molecule has 5 heteroatoms. The van der Waals surface area contributed by atoms with Crippen LogP contribution in [0.2, 0.25) is 0 Å². The first-order valence-electron chi connectivity index (χ1n) is 24.1. The van der Waals surface area contributed by atoms with Crippen LogP contribution < -0.4 is 0 Å². The maximum Gasteiger partial charge on any atom is 0.227 e. The van der Waals surface area contributed by atoms with Crippen molar-refractivity contribution < 1.29 is 4.42 Å². The maximum absolute atomic E-state index is 6.39. The molecule has 8 aromatic carbocycles. The van der Waals surface area contributed by atoms with E-state index in [1.54, 1.807) is 0 Å². The van der Waals surface area contributed by atoms with Crippen LogP contribution in [0.5, 0.6) is 0 Å². The highest BCUT2D eigenvalue weighted by Gasteiger charge is 2.32. The van der Waals surface area contributed by atoms with Crippen LogP contribution in [0.1, 0.15) is 59.2 Å². The van der Waals surface area contributed by atoms with E-state index in [9.17, 15) is 0 Å². The quantitative estimate of drug-likeness (QED) is 0.160. The van der Waals surface area contributed by atoms with Gasteiger partial charge in [-0.1, -0.05) is 181 Å². The molecule has 0 N–H and O–H groups in total. The summed E-state index contributed by atoms with van der Waals surface area (Å²) in [5.74, 6) is 2.39. The number of aromatic nitrogens is 4. The minimum absolute atomic E-state index is 0.0913. The summed E-state index contributed by atoms with van der Waals surface area (Å²) in [6.45, 7) is 6.57. The molecule has 2 aliphatic rings. The lowest BCUT2D eigenvalue weighted by atomic mass is 9.74. The molecule has 0 aliphatic heterocycles. The molecule has 69 heavy (non-hydrogen) atoms. The summed E-state index contributed by atoms with van der Waals surface area (Å²) >= 11 is 0. The zero-order valence-corrected chi connectivity index (χ0v) is 38.9. The number of para-hydroxylation sites is 2. The van der Waals surface area contributed by atoms with Gasteiger partial charge in [-0.2, -0.15) is 0 Å². The van der Waals surface area contributed by atoms with Gasteiger partial charge in [0.05, 0.1) is 16.7 Å². The molecule has 2 aliphatic carbocycles. The van der Waals surface area contributed by atoms with Gasteiger partial charge in [-0.3, -0.25) is 4.57 Å². The number of rotatable bonds is 7. The van der Waals surface area contributed by atoms with Gasteiger partial charge in [-0.15, -0.1) is 0 Å². The molecule has 0 bridgehead atoms. The lowest BCUT2D eigenvalue weighted by Crippen LogP contribution is -2.15. The largest absolute Gasteiger partial charge is 0.435 e. The SMILES string of the molecule is CC1=CC=C(c2nc(-c3ccc(C)cc3)nc(-n3c4ccccc4c4ccc5c(c43)C(c3ccc(-c4ccc(-c6cccc7nc(-c8ccccc8)oc67)cc4)cc3)Cc3ccccc3-5)c2C)CC1. The average molecular weight is 889 g/mol. The van der Waals surface area contributed by atoms with Gasteiger partial charge in [-0.25, -0.2) is 15.0 Å². The van der Waals surface area contributed by atoms with Crippen LogP contribution in [0.3, 0.4) is 0 Å². The predicted octanol–water partition coefficient (Wildman–Crippen LogP) is 16.5. The van der Waals surface area contributed by atoms with Crippen LogP contribution >= 0.6 is 0 Å². The highest BCUT2D eigenvalue weighted by Crippen LogP contribution is 2.49. The first-order chi connectivity index (χ1) is 33.9. The average Bonchev–Trinajstić information content (AvgIpc) is 4.00. The molecule has 1 unspecified atom stereocenters. The third-order valence-electron chi connectivity index (χ3n) is 14.5. The number of nitrogens with zero attached hydrogens (tertiary/aromatic N) is 4. The van der Waals surface area contributed by atoms with Crippen molar-refractivity contribution in [1.29, 1.82) is 0 Å². The Hall–Kier alpha value is -8.41. The van der Waals surface area contributed by atoms with Crippen molar-refractivity contribution in [3.8, 4) is 62.0 Å². The number of hydrogen-bond donors (Lipinski definition) is 0. The summed E-state index contributed by atoms with van der Waals surface area (Å²) in [5, 5.41) is 2.45. The molecule has 0 saturated carbocycles. The Morgan fingerprint density at radius 1 is 0.522 bits per heavy atom. The minimum Gasteiger partial charge on any atom is -0.435 e. The Bertz CT molecular complexity index is 3870. The first-order valence-corrected chi connectivity index (χ1v) is 24.1. The Balaban J connectivity index is 0.948. The van der Waals surface area contributed by atoms with Crippen molar-refractivity contribution in [2.45, 2.75) is 46.0 Å². The topological polar surface area (TPSA) is 56.7 Å². The summed E-state index contributed by atoms with van der Waals surface area (Å²) in [4.78, 5) is 15.8. The molecule has 5 nitrogen and oxygen atoms in total. The van der Waals surface area contributed by atoms with E-state index in [2.05, 4.69) is 183 Å². The molecule has 330 valence electrons. The molecular formula is C64H48N4O. The van der Waals surface area contributed by atoms with E-state index in [-0.39, 0.29) is 5.92 Å². The Morgan fingerprint density at radius 3 is 2.03 bits per heavy atom. The molecule has 0 fully saturated rings. The van der Waals surface area contributed by atoms with Crippen LogP contribution in [-0.4, -0.2) is 19.5 Å².